The largest absolute Gasteiger partial charge is 0.301 e. The zero-order valence-corrected chi connectivity index (χ0v) is 10.8. The molecule has 2 heteroatoms. The normalized spacial score (nSPS) is 10.9. The lowest BCUT2D eigenvalue weighted by Crippen LogP contribution is -2.21. The number of hydrogen-bond acceptors (Lipinski definition) is 1. The maximum atomic E-state index is 3.46. The first-order valence-corrected chi connectivity index (χ1v) is 6.07. The van der Waals surface area contributed by atoms with E-state index in [1.54, 1.807) is 0 Å². The number of nitrogens with zero attached hydrogens (tertiary/aromatic N) is 1. The van der Waals surface area contributed by atoms with Gasteiger partial charge in [-0.1, -0.05) is 34.1 Å². The molecule has 1 rings (SSSR count). The van der Waals surface area contributed by atoms with Crippen molar-refractivity contribution in [3.8, 4) is 0 Å². The van der Waals surface area contributed by atoms with E-state index in [1.165, 1.54) is 16.7 Å². The number of hydrogen-bond donors (Lipinski definition) is 0. The summed E-state index contributed by atoms with van der Waals surface area (Å²) >= 11 is 3.46. The minimum Gasteiger partial charge on any atom is -0.301 e. The van der Waals surface area contributed by atoms with Gasteiger partial charge >= 0.3 is 0 Å². The van der Waals surface area contributed by atoms with Crippen LogP contribution in [0.5, 0.6) is 0 Å². The van der Waals surface area contributed by atoms with Crippen molar-refractivity contribution < 1.29 is 0 Å². The quantitative estimate of drug-likeness (QED) is 0.748. The first-order valence-electron chi connectivity index (χ1n) is 4.94. The Morgan fingerprint density at radius 3 is 2.29 bits per heavy atom. The van der Waals surface area contributed by atoms with Gasteiger partial charge in [-0.3, -0.25) is 0 Å². The van der Waals surface area contributed by atoms with E-state index in [0.29, 0.717) is 0 Å². The van der Waals surface area contributed by atoms with Crippen LogP contribution in [0.2, 0.25) is 0 Å². The number of aryl methyl sites for hydroxylation is 2. The van der Waals surface area contributed by atoms with Gasteiger partial charge in [-0.15, -0.1) is 0 Å². The second-order valence-corrected chi connectivity index (χ2v) is 4.59. The van der Waals surface area contributed by atoms with Gasteiger partial charge in [-0.25, -0.2) is 0 Å². The molecule has 1 nitrogen and oxygen atoms in total. The molecule has 0 N–H and O–H groups in total. The van der Waals surface area contributed by atoms with Crippen LogP contribution in [-0.4, -0.2) is 23.8 Å². The van der Waals surface area contributed by atoms with E-state index in [4.69, 9.17) is 0 Å². The molecular formula is C12H18BrN. The summed E-state index contributed by atoms with van der Waals surface area (Å²) in [6, 6.07) is 6.49. The van der Waals surface area contributed by atoms with Crippen LogP contribution in [0.25, 0.3) is 0 Å². The highest BCUT2D eigenvalue weighted by atomic mass is 79.9. The van der Waals surface area contributed by atoms with Crippen molar-refractivity contribution in [3.05, 3.63) is 34.9 Å². The second-order valence-electron chi connectivity index (χ2n) is 3.80. The average molecular weight is 256 g/mol. The summed E-state index contributed by atoms with van der Waals surface area (Å²) in [6.07, 6.45) is 0. The van der Waals surface area contributed by atoms with Gasteiger partial charge in [0.15, 0.2) is 0 Å². The highest BCUT2D eigenvalue weighted by molar-refractivity contribution is 9.09. The molecule has 1 aromatic carbocycles. The molecular weight excluding hydrogens is 238 g/mol. The number of rotatable bonds is 4. The smallest absolute Gasteiger partial charge is 0.0236 e. The highest BCUT2D eigenvalue weighted by Crippen LogP contribution is 2.14. The molecule has 0 fully saturated rings. The lowest BCUT2D eigenvalue weighted by molar-refractivity contribution is 0.348. The lowest BCUT2D eigenvalue weighted by atomic mass is 10.0. The third kappa shape index (κ3) is 3.10. The molecule has 0 atom stereocenters. The minimum atomic E-state index is 1.04. The molecule has 0 aliphatic rings. The van der Waals surface area contributed by atoms with Crippen molar-refractivity contribution in [2.45, 2.75) is 20.4 Å². The molecule has 78 valence electrons. The standard InChI is InChI=1S/C12H18BrN/c1-10-5-4-6-11(2)12(10)9-14(3)8-7-13/h4-6H,7-9H2,1-3H3. The molecule has 0 amide bonds. The van der Waals surface area contributed by atoms with E-state index in [9.17, 15) is 0 Å². The molecule has 0 saturated carbocycles. The van der Waals surface area contributed by atoms with Gasteiger partial charge in [0.25, 0.3) is 0 Å². The van der Waals surface area contributed by atoms with E-state index in [-0.39, 0.29) is 0 Å². The van der Waals surface area contributed by atoms with Gasteiger partial charge in [-0.2, -0.15) is 0 Å². The van der Waals surface area contributed by atoms with Gasteiger partial charge in [0.2, 0.25) is 0 Å². The summed E-state index contributed by atoms with van der Waals surface area (Å²) in [4.78, 5) is 2.34. The Morgan fingerprint density at radius 1 is 1.21 bits per heavy atom. The van der Waals surface area contributed by atoms with E-state index in [0.717, 1.165) is 18.4 Å². The first kappa shape index (κ1) is 11.7. The van der Waals surface area contributed by atoms with Crippen LogP contribution in [0.1, 0.15) is 16.7 Å². The highest BCUT2D eigenvalue weighted by Gasteiger charge is 2.04. The minimum absolute atomic E-state index is 1.04. The molecule has 0 unspecified atom stereocenters. The van der Waals surface area contributed by atoms with Crippen molar-refractivity contribution in [3.63, 3.8) is 0 Å². The first-order chi connectivity index (χ1) is 6.65. The molecule has 0 spiro atoms. The average Bonchev–Trinajstić information content (AvgIpc) is 2.12. The second kappa shape index (κ2) is 5.52. The topological polar surface area (TPSA) is 3.24 Å². The molecule has 0 bridgehead atoms. The van der Waals surface area contributed by atoms with E-state index >= 15 is 0 Å². The van der Waals surface area contributed by atoms with E-state index < -0.39 is 0 Å². The predicted octanol–water partition coefficient (Wildman–Crippen LogP) is 3.13. The fraction of sp³-hybridized carbons (Fsp3) is 0.500. The van der Waals surface area contributed by atoms with Crippen molar-refractivity contribution in [2.75, 3.05) is 18.9 Å². The summed E-state index contributed by atoms with van der Waals surface area (Å²) in [5.74, 6) is 0. The zero-order valence-electron chi connectivity index (χ0n) is 9.18. The Balaban J connectivity index is 2.75. The molecule has 1 aromatic rings. The maximum absolute atomic E-state index is 3.46. The molecule has 0 saturated heterocycles. The zero-order chi connectivity index (χ0) is 10.6. The Labute approximate surface area is 95.2 Å². The number of halogens is 1. The van der Waals surface area contributed by atoms with Crippen molar-refractivity contribution in [2.24, 2.45) is 0 Å². The predicted molar refractivity (Wildman–Crippen MR) is 66.0 cm³/mol. The van der Waals surface area contributed by atoms with E-state index in [1.807, 2.05) is 0 Å². The number of alkyl halides is 1. The monoisotopic (exact) mass is 255 g/mol. The lowest BCUT2D eigenvalue weighted by Gasteiger charge is -2.18. The molecule has 0 heterocycles. The van der Waals surface area contributed by atoms with Crippen molar-refractivity contribution in [1.29, 1.82) is 0 Å². The van der Waals surface area contributed by atoms with Crippen LogP contribution in [-0.2, 0) is 6.54 Å². The Morgan fingerprint density at radius 2 is 1.79 bits per heavy atom. The molecule has 0 aliphatic heterocycles. The van der Waals surface area contributed by atoms with Crippen LogP contribution in [0.15, 0.2) is 18.2 Å². The summed E-state index contributed by atoms with van der Waals surface area (Å²) < 4.78 is 0. The summed E-state index contributed by atoms with van der Waals surface area (Å²) in [7, 11) is 2.16. The fourth-order valence-corrected chi connectivity index (χ4v) is 2.20. The van der Waals surface area contributed by atoms with Gasteiger partial charge in [-0.05, 0) is 37.6 Å². The Bertz CT molecular complexity index is 276. The van der Waals surface area contributed by atoms with Crippen LogP contribution >= 0.6 is 15.9 Å². The number of benzene rings is 1. The summed E-state index contributed by atoms with van der Waals surface area (Å²) in [5, 5.41) is 1.04. The molecule has 0 aliphatic carbocycles. The molecule has 0 radical (unpaired) electrons. The van der Waals surface area contributed by atoms with Gasteiger partial charge in [0, 0.05) is 18.4 Å². The van der Waals surface area contributed by atoms with Gasteiger partial charge in [0.05, 0.1) is 0 Å². The summed E-state index contributed by atoms with van der Waals surface area (Å²) in [6.45, 7) is 6.51. The molecule has 14 heavy (non-hydrogen) atoms. The van der Waals surface area contributed by atoms with Crippen LogP contribution < -0.4 is 0 Å². The van der Waals surface area contributed by atoms with Crippen LogP contribution in [0.4, 0.5) is 0 Å². The van der Waals surface area contributed by atoms with Gasteiger partial charge in [0.1, 0.15) is 0 Å². The maximum Gasteiger partial charge on any atom is 0.0236 e. The third-order valence-electron chi connectivity index (χ3n) is 2.54. The molecule has 0 aromatic heterocycles. The SMILES string of the molecule is Cc1cccc(C)c1CN(C)CCBr. The third-order valence-corrected chi connectivity index (χ3v) is 2.89. The fourth-order valence-electron chi connectivity index (χ4n) is 1.59. The summed E-state index contributed by atoms with van der Waals surface area (Å²) in [5.41, 5.74) is 4.26. The van der Waals surface area contributed by atoms with Crippen LogP contribution in [0, 0.1) is 13.8 Å². The Kier molecular flexibility index (Phi) is 4.63. The van der Waals surface area contributed by atoms with Crippen molar-refractivity contribution in [1.82, 2.24) is 4.90 Å². The van der Waals surface area contributed by atoms with E-state index in [2.05, 4.69) is 59.9 Å². The Hall–Kier alpha value is -0.340. The van der Waals surface area contributed by atoms with Crippen molar-refractivity contribution >= 4 is 15.9 Å². The van der Waals surface area contributed by atoms with Gasteiger partial charge < -0.3 is 4.90 Å². The van der Waals surface area contributed by atoms with Crippen LogP contribution in [0.3, 0.4) is 0 Å².